The Morgan fingerprint density at radius 1 is 1.06 bits per heavy atom. The van der Waals surface area contributed by atoms with E-state index < -0.39 is 39.4 Å². The smallest absolute Gasteiger partial charge is 0.243 e. The largest absolute Gasteiger partial charge is 0.390 e. The third-order valence-electron chi connectivity index (χ3n) is 6.35. The molecule has 2 aromatic rings. The summed E-state index contributed by atoms with van der Waals surface area (Å²) in [5.41, 5.74) is 6.00. The van der Waals surface area contributed by atoms with Crippen LogP contribution in [0.5, 0.6) is 0 Å². The van der Waals surface area contributed by atoms with E-state index in [-0.39, 0.29) is 30.3 Å². The molecule has 2 atom stereocenters. The van der Waals surface area contributed by atoms with Crippen molar-refractivity contribution in [2.24, 2.45) is 17.1 Å². The maximum absolute atomic E-state index is 13.4. The third-order valence-corrected chi connectivity index (χ3v) is 8.20. The lowest BCUT2D eigenvalue weighted by molar-refractivity contribution is -0.136. The highest BCUT2D eigenvalue weighted by molar-refractivity contribution is 7.89. The minimum absolute atomic E-state index is 0.00850. The van der Waals surface area contributed by atoms with Crippen LogP contribution in [0.3, 0.4) is 0 Å². The Morgan fingerprint density at radius 3 is 2.17 bits per heavy atom. The van der Waals surface area contributed by atoms with Gasteiger partial charge in [0.15, 0.2) is 0 Å². The molecule has 1 aliphatic rings. The number of carbonyl (C=O) groups excluding carboxylic acids is 2. The molecular formula is C26H35N3O5S. The first kappa shape index (κ1) is 26.8. The summed E-state index contributed by atoms with van der Waals surface area (Å²) in [4.78, 5) is 24.9. The summed E-state index contributed by atoms with van der Waals surface area (Å²) in [5.74, 6) is -1.21. The van der Waals surface area contributed by atoms with Crippen molar-refractivity contribution in [1.82, 2.24) is 9.62 Å². The van der Waals surface area contributed by atoms with Crippen LogP contribution in [0.4, 0.5) is 0 Å². The van der Waals surface area contributed by atoms with Gasteiger partial charge in [0.25, 0.3) is 0 Å². The summed E-state index contributed by atoms with van der Waals surface area (Å²) >= 11 is 0. The molecule has 9 heteroatoms. The average molecular weight is 502 g/mol. The molecule has 2 amide bonds. The normalized spacial score (nSPS) is 16.6. The number of aliphatic hydroxyl groups excluding tert-OH is 1. The molecule has 35 heavy (non-hydrogen) atoms. The zero-order valence-electron chi connectivity index (χ0n) is 20.5. The van der Waals surface area contributed by atoms with Gasteiger partial charge < -0.3 is 16.2 Å². The number of hydrogen-bond donors (Lipinski definition) is 3. The van der Waals surface area contributed by atoms with Gasteiger partial charge >= 0.3 is 0 Å². The number of primary amides is 1. The number of nitrogens with one attached hydrogen (secondary N) is 1. The fraction of sp³-hybridized carbons (Fsp3) is 0.462. The van der Waals surface area contributed by atoms with Gasteiger partial charge in [0.05, 0.1) is 17.0 Å². The Bertz CT molecular complexity index is 1130. The molecule has 0 radical (unpaired) electrons. The predicted molar refractivity (Wildman–Crippen MR) is 134 cm³/mol. The second kappa shape index (κ2) is 10.9. The van der Waals surface area contributed by atoms with E-state index in [1.54, 1.807) is 24.3 Å². The van der Waals surface area contributed by atoms with E-state index in [0.717, 1.165) is 11.1 Å². The maximum Gasteiger partial charge on any atom is 0.243 e. The van der Waals surface area contributed by atoms with Crippen molar-refractivity contribution in [3.8, 4) is 0 Å². The summed E-state index contributed by atoms with van der Waals surface area (Å²) in [7, 11) is -3.89. The molecule has 1 saturated carbocycles. The molecule has 2 aromatic carbocycles. The molecule has 8 nitrogen and oxygen atoms in total. The first-order chi connectivity index (χ1) is 16.5. The number of sulfonamides is 1. The van der Waals surface area contributed by atoms with Crippen molar-refractivity contribution < 1.29 is 23.1 Å². The van der Waals surface area contributed by atoms with E-state index in [2.05, 4.69) is 5.32 Å². The zero-order chi connectivity index (χ0) is 25.8. The van der Waals surface area contributed by atoms with Crippen LogP contribution in [0.25, 0.3) is 0 Å². The summed E-state index contributed by atoms with van der Waals surface area (Å²) in [6.45, 7) is 5.66. The molecule has 0 spiro atoms. The van der Waals surface area contributed by atoms with Crippen molar-refractivity contribution in [2.45, 2.75) is 57.1 Å². The zero-order valence-corrected chi connectivity index (χ0v) is 21.3. The SMILES string of the molecule is Cc1ccc(S(=O)(=O)N(CC(C)C)C[C@@H](O)[C@H](Cc2ccccc2)NC(=O)C2(C(N)=O)CC2)cc1. The predicted octanol–water partition coefficient (Wildman–Crippen LogP) is 2.00. The molecule has 0 bridgehead atoms. The highest BCUT2D eigenvalue weighted by Crippen LogP contribution is 2.45. The van der Waals surface area contributed by atoms with E-state index in [1.807, 2.05) is 51.1 Å². The molecular weight excluding hydrogens is 466 g/mol. The number of aryl methyl sites for hydroxylation is 1. The number of amides is 2. The second-order valence-corrected chi connectivity index (χ2v) is 11.8. The Labute approximate surface area is 207 Å². The van der Waals surface area contributed by atoms with Crippen molar-refractivity contribution >= 4 is 21.8 Å². The first-order valence-electron chi connectivity index (χ1n) is 11.9. The maximum atomic E-state index is 13.4. The van der Waals surface area contributed by atoms with Crippen LogP contribution in [0.2, 0.25) is 0 Å². The van der Waals surface area contributed by atoms with Crippen molar-refractivity contribution in [2.75, 3.05) is 13.1 Å². The van der Waals surface area contributed by atoms with Crippen LogP contribution in [-0.4, -0.2) is 54.9 Å². The Balaban J connectivity index is 1.87. The van der Waals surface area contributed by atoms with Crippen LogP contribution in [0.15, 0.2) is 59.5 Å². The van der Waals surface area contributed by atoms with Gasteiger partial charge in [-0.1, -0.05) is 61.9 Å². The molecule has 190 valence electrons. The Morgan fingerprint density at radius 2 is 1.66 bits per heavy atom. The van der Waals surface area contributed by atoms with Gasteiger partial charge in [-0.05, 0) is 49.8 Å². The van der Waals surface area contributed by atoms with Crippen LogP contribution in [-0.2, 0) is 26.0 Å². The molecule has 0 saturated heterocycles. The number of aliphatic hydroxyl groups is 1. The topological polar surface area (TPSA) is 130 Å². The first-order valence-corrected chi connectivity index (χ1v) is 13.3. The minimum Gasteiger partial charge on any atom is -0.390 e. The minimum atomic E-state index is -3.89. The average Bonchev–Trinajstić information content (AvgIpc) is 3.61. The summed E-state index contributed by atoms with van der Waals surface area (Å²) in [6.07, 6.45) is -0.225. The van der Waals surface area contributed by atoms with Crippen molar-refractivity contribution in [3.05, 3.63) is 65.7 Å². The van der Waals surface area contributed by atoms with Gasteiger partial charge in [0, 0.05) is 13.1 Å². The highest BCUT2D eigenvalue weighted by atomic mass is 32.2. The fourth-order valence-electron chi connectivity index (χ4n) is 4.04. The Hall–Kier alpha value is -2.75. The highest BCUT2D eigenvalue weighted by Gasteiger charge is 2.56. The summed E-state index contributed by atoms with van der Waals surface area (Å²) in [6, 6.07) is 15.0. The molecule has 0 aliphatic heterocycles. The molecule has 0 heterocycles. The van der Waals surface area contributed by atoms with E-state index in [4.69, 9.17) is 5.73 Å². The van der Waals surface area contributed by atoms with Crippen molar-refractivity contribution in [3.63, 3.8) is 0 Å². The summed E-state index contributed by atoms with van der Waals surface area (Å²) < 4.78 is 28.1. The number of nitrogens with zero attached hydrogens (tertiary/aromatic N) is 1. The van der Waals surface area contributed by atoms with Crippen LogP contribution >= 0.6 is 0 Å². The van der Waals surface area contributed by atoms with Gasteiger partial charge in [-0.15, -0.1) is 0 Å². The number of benzene rings is 2. The molecule has 4 N–H and O–H groups in total. The van der Waals surface area contributed by atoms with Gasteiger partial charge in [0.1, 0.15) is 5.41 Å². The molecule has 0 aromatic heterocycles. The molecule has 1 aliphatic carbocycles. The lowest BCUT2D eigenvalue weighted by atomic mass is 9.98. The van der Waals surface area contributed by atoms with Gasteiger partial charge in [-0.25, -0.2) is 8.42 Å². The van der Waals surface area contributed by atoms with Crippen LogP contribution in [0.1, 0.15) is 37.8 Å². The Kier molecular flexibility index (Phi) is 8.35. The standard InChI is InChI=1S/C26H35N3O5S/c1-18(2)16-29(35(33,34)21-11-9-19(3)10-12-21)17-23(30)22(15-20-7-5-4-6-8-20)28-25(32)26(13-14-26)24(27)31/h4-12,18,22-23,30H,13-17H2,1-3H3,(H2,27,31)(H,28,32)/t22-,23+/m0/s1. The monoisotopic (exact) mass is 501 g/mol. The summed E-state index contributed by atoms with van der Waals surface area (Å²) in [5, 5.41) is 14.0. The van der Waals surface area contributed by atoms with Crippen molar-refractivity contribution in [1.29, 1.82) is 0 Å². The number of carbonyl (C=O) groups is 2. The van der Waals surface area contributed by atoms with Gasteiger partial charge in [-0.3, -0.25) is 9.59 Å². The molecule has 3 rings (SSSR count). The van der Waals surface area contributed by atoms with E-state index in [9.17, 15) is 23.1 Å². The van der Waals surface area contributed by atoms with Crippen LogP contribution in [0, 0.1) is 18.3 Å². The van der Waals surface area contributed by atoms with E-state index >= 15 is 0 Å². The number of nitrogens with two attached hydrogens (primary N) is 1. The third kappa shape index (κ3) is 6.48. The quantitative estimate of drug-likeness (QED) is 0.383. The van der Waals surface area contributed by atoms with E-state index in [1.165, 1.54) is 4.31 Å². The van der Waals surface area contributed by atoms with Crippen LogP contribution < -0.4 is 11.1 Å². The second-order valence-electron chi connectivity index (χ2n) is 9.81. The number of rotatable bonds is 12. The van der Waals surface area contributed by atoms with Gasteiger partial charge in [-0.2, -0.15) is 4.31 Å². The lowest BCUT2D eigenvalue weighted by Crippen LogP contribution is -2.53. The fourth-order valence-corrected chi connectivity index (χ4v) is 5.66. The lowest BCUT2D eigenvalue weighted by Gasteiger charge is -2.31. The number of hydrogen-bond acceptors (Lipinski definition) is 5. The molecule has 0 unspecified atom stereocenters. The molecule has 1 fully saturated rings. The van der Waals surface area contributed by atoms with Gasteiger partial charge in [0.2, 0.25) is 21.8 Å². The van der Waals surface area contributed by atoms with E-state index in [0.29, 0.717) is 12.8 Å².